The molecule has 0 bridgehead atoms. The second kappa shape index (κ2) is 9.53. The summed E-state index contributed by atoms with van der Waals surface area (Å²) in [5.41, 5.74) is 7.53. The van der Waals surface area contributed by atoms with Crippen LogP contribution in [0, 0.1) is 17.5 Å². The molecule has 4 N–H and O–H groups in total. The summed E-state index contributed by atoms with van der Waals surface area (Å²) in [5.74, 6) is -1.11. The number of ether oxygens (including phenoxy) is 1. The van der Waals surface area contributed by atoms with Gasteiger partial charge in [-0.15, -0.1) is 0 Å². The van der Waals surface area contributed by atoms with Crippen molar-refractivity contribution in [3.05, 3.63) is 83.3 Å². The number of benzene rings is 2. The Bertz CT molecular complexity index is 1130. The van der Waals surface area contributed by atoms with E-state index in [0.29, 0.717) is 11.3 Å². The Kier molecular flexibility index (Phi) is 7.33. The molecule has 0 saturated heterocycles. The molecule has 6 nitrogen and oxygen atoms in total. The van der Waals surface area contributed by atoms with Crippen molar-refractivity contribution in [3.8, 4) is 5.75 Å². The van der Waals surface area contributed by atoms with Crippen molar-refractivity contribution in [1.29, 1.82) is 4.78 Å². The van der Waals surface area contributed by atoms with Crippen LogP contribution in [0.1, 0.15) is 16.7 Å². The first-order valence-corrected chi connectivity index (χ1v) is 10.9. The number of aryl methyl sites for hydroxylation is 1. The van der Waals surface area contributed by atoms with E-state index in [-0.39, 0.29) is 28.6 Å². The maximum absolute atomic E-state index is 14.4. The molecule has 0 heterocycles. The summed E-state index contributed by atoms with van der Waals surface area (Å²) in [5, 5.41) is 2.95. The number of nitrogens with two attached hydrogens (primary N) is 1. The average Bonchev–Trinajstić information content (AvgIpc) is 2.63. The Labute approximate surface area is 175 Å². The van der Waals surface area contributed by atoms with Crippen LogP contribution in [0.25, 0.3) is 0 Å². The molecule has 1 atom stereocenters. The zero-order valence-corrected chi connectivity index (χ0v) is 17.8. The second-order valence-electron chi connectivity index (χ2n) is 6.75. The van der Waals surface area contributed by atoms with Gasteiger partial charge in [-0.25, -0.2) is 18.0 Å². The van der Waals surface area contributed by atoms with Gasteiger partial charge in [-0.1, -0.05) is 12.6 Å². The minimum atomic E-state index is -2.71. The lowest BCUT2D eigenvalue weighted by Gasteiger charge is -2.13. The van der Waals surface area contributed by atoms with Crippen LogP contribution >= 0.6 is 0 Å². The molecular formula is C21H24F2N4O2S. The largest absolute Gasteiger partial charge is 0.496 e. The fourth-order valence-corrected chi connectivity index (χ4v) is 3.65. The molecule has 0 radical (unpaired) electrons. The van der Waals surface area contributed by atoms with Crippen molar-refractivity contribution >= 4 is 21.1 Å². The highest BCUT2D eigenvalue weighted by Crippen LogP contribution is 2.25. The van der Waals surface area contributed by atoms with E-state index in [0.717, 1.165) is 23.9 Å². The minimum absolute atomic E-state index is 0.0875. The number of aliphatic imine (C=N–C) groups is 1. The van der Waals surface area contributed by atoms with E-state index >= 15 is 0 Å². The first-order chi connectivity index (χ1) is 14.0. The Hall–Kier alpha value is -3.20. The van der Waals surface area contributed by atoms with Crippen LogP contribution in [0.4, 0.5) is 14.5 Å². The highest BCUT2D eigenvalue weighted by molar-refractivity contribution is 7.90. The zero-order chi connectivity index (χ0) is 22.5. The van der Waals surface area contributed by atoms with E-state index in [1.54, 1.807) is 12.1 Å². The van der Waals surface area contributed by atoms with Gasteiger partial charge in [-0.3, -0.25) is 4.78 Å². The molecule has 0 aliphatic rings. The Morgan fingerprint density at radius 1 is 1.37 bits per heavy atom. The summed E-state index contributed by atoms with van der Waals surface area (Å²) in [6.45, 7) is 5.65. The molecule has 2 aromatic rings. The predicted octanol–water partition coefficient (Wildman–Crippen LogP) is 4.46. The highest BCUT2D eigenvalue weighted by atomic mass is 32.2. The van der Waals surface area contributed by atoms with E-state index in [4.69, 9.17) is 15.3 Å². The number of anilines is 1. The smallest absolute Gasteiger partial charge is 0.165 e. The minimum Gasteiger partial charge on any atom is -0.496 e. The molecule has 0 aliphatic heterocycles. The van der Waals surface area contributed by atoms with Crippen molar-refractivity contribution in [2.45, 2.75) is 12.7 Å². The number of rotatable bonds is 8. The predicted molar refractivity (Wildman–Crippen MR) is 117 cm³/mol. The van der Waals surface area contributed by atoms with Crippen LogP contribution in [-0.4, -0.2) is 23.3 Å². The number of allylic oxidation sites excluding steroid dienone is 1. The molecule has 1 unspecified atom stereocenters. The normalized spacial score (nSPS) is 14.2. The third-order valence-corrected chi connectivity index (χ3v) is 4.79. The van der Waals surface area contributed by atoms with Gasteiger partial charge in [0.1, 0.15) is 23.1 Å². The maximum Gasteiger partial charge on any atom is 0.165 e. The van der Waals surface area contributed by atoms with Gasteiger partial charge in [-0.05, 0) is 42.3 Å². The summed E-state index contributed by atoms with van der Waals surface area (Å²) in [6.07, 6.45) is 2.11. The number of methoxy groups -OCH3 is 1. The molecule has 9 heteroatoms. The van der Waals surface area contributed by atoms with Crippen LogP contribution in [0.15, 0.2) is 65.8 Å². The third-order valence-electron chi connectivity index (χ3n) is 3.91. The van der Waals surface area contributed by atoms with Gasteiger partial charge < -0.3 is 15.8 Å². The number of nitrogens with one attached hydrogen (secondary N) is 2. The van der Waals surface area contributed by atoms with Crippen molar-refractivity contribution in [2.24, 2.45) is 10.7 Å². The molecule has 160 valence electrons. The Morgan fingerprint density at radius 3 is 2.67 bits per heavy atom. The molecular weight excluding hydrogens is 410 g/mol. The highest BCUT2D eigenvalue weighted by Gasteiger charge is 2.16. The molecule has 0 aliphatic carbocycles. The van der Waals surface area contributed by atoms with Gasteiger partial charge in [0, 0.05) is 39.5 Å². The average molecular weight is 435 g/mol. The van der Waals surface area contributed by atoms with Gasteiger partial charge in [0.15, 0.2) is 5.83 Å². The summed E-state index contributed by atoms with van der Waals surface area (Å²) < 4.78 is 52.5. The number of hydrogen-bond acceptors (Lipinski definition) is 6. The summed E-state index contributed by atoms with van der Waals surface area (Å²) in [7, 11) is -1.38. The van der Waals surface area contributed by atoms with Crippen molar-refractivity contribution in [3.63, 3.8) is 0 Å². The lowest BCUT2D eigenvalue weighted by atomic mass is 10.1. The van der Waals surface area contributed by atoms with E-state index in [9.17, 15) is 13.0 Å². The van der Waals surface area contributed by atoms with Crippen molar-refractivity contribution in [2.75, 3.05) is 18.7 Å². The van der Waals surface area contributed by atoms with Crippen LogP contribution in [0.5, 0.6) is 5.75 Å². The van der Waals surface area contributed by atoms with Crippen LogP contribution < -0.4 is 15.8 Å². The monoisotopic (exact) mass is 434 g/mol. The SMILES string of the molecule is C=C(/N=C(\C(F)=C/N)c1ccc(F)cc1OC)Nc1cc(C)cc(CS(C)(=N)=O)c1. The zero-order valence-electron chi connectivity index (χ0n) is 17.0. The van der Waals surface area contributed by atoms with E-state index in [1.807, 2.05) is 13.0 Å². The Morgan fingerprint density at radius 2 is 2.07 bits per heavy atom. The molecule has 0 amide bonds. The van der Waals surface area contributed by atoms with Crippen LogP contribution in [0.3, 0.4) is 0 Å². The topological polar surface area (TPSA) is 101 Å². The number of nitrogens with zero attached hydrogens (tertiary/aromatic N) is 1. The Balaban J connectivity index is 2.41. The number of halogens is 2. The quantitative estimate of drug-likeness (QED) is 0.534. The van der Waals surface area contributed by atoms with E-state index < -0.39 is 21.4 Å². The lowest BCUT2D eigenvalue weighted by Crippen LogP contribution is -2.09. The molecule has 30 heavy (non-hydrogen) atoms. The molecule has 0 saturated carbocycles. The molecule has 2 aromatic carbocycles. The fourth-order valence-electron chi connectivity index (χ4n) is 2.85. The second-order valence-corrected chi connectivity index (χ2v) is 9.05. The van der Waals surface area contributed by atoms with Gasteiger partial charge in [0.05, 0.1) is 12.9 Å². The summed E-state index contributed by atoms with van der Waals surface area (Å²) in [4.78, 5) is 4.18. The van der Waals surface area contributed by atoms with E-state index in [1.165, 1.54) is 19.4 Å². The first-order valence-electron chi connectivity index (χ1n) is 8.80. The summed E-state index contributed by atoms with van der Waals surface area (Å²) >= 11 is 0. The lowest BCUT2D eigenvalue weighted by molar-refractivity contribution is 0.410. The molecule has 0 spiro atoms. The molecule has 0 aromatic heterocycles. The first kappa shape index (κ1) is 23.1. The summed E-state index contributed by atoms with van der Waals surface area (Å²) in [6, 6.07) is 8.96. The van der Waals surface area contributed by atoms with Crippen molar-refractivity contribution in [1.82, 2.24) is 0 Å². The van der Waals surface area contributed by atoms with Crippen molar-refractivity contribution < 1.29 is 17.7 Å². The van der Waals surface area contributed by atoms with Gasteiger partial charge in [0.25, 0.3) is 0 Å². The number of hydrogen-bond donors (Lipinski definition) is 3. The van der Waals surface area contributed by atoms with E-state index in [2.05, 4.69) is 16.9 Å². The molecule has 2 rings (SSSR count). The van der Waals surface area contributed by atoms with Crippen LogP contribution in [0.2, 0.25) is 0 Å². The fraction of sp³-hybridized carbons (Fsp3) is 0.190. The molecule has 0 fully saturated rings. The third kappa shape index (κ3) is 6.41. The van der Waals surface area contributed by atoms with Gasteiger partial charge >= 0.3 is 0 Å². The maximum atomic E-state index is 14.4. The standard InChI is InChI=1S/C21H24F2N4O2S/c1-13-7-15(12-30(4,25)28)9-17(8-13)26-14(2)27-21(19(23)11-24)18-6-5-16(22)10-20(18)29-3/h5-11,25-26H,2,12,24H2,1,3-4H3/b19-11+,27-21-. The van der Waals surface area contributed by atoms with Gasteiger partial charge in [-0.2, -0.15) is 0 Å². The van der Waals surface area contributed by atoms with Gasteiger partial charge in [0.2, 0.25) is 0 Å². The van der Waals surface area contributed by atoms with Crippen LogP contribution in [-0.2, 0) is 15.5 Å².